The number of pyridine rings is 1. The monoisotopic (exact) mass is 307 g/mol. The Kier molecular flexibility index (Phi) is 3.74. The van der Waals surface area contributed by atoms with Gasteiger partial charge in [-0.25, -0.2) is 4.98 Å². The first-order valence-electron chi connectivity index (χ1n) is 8.38. The minimum absolute atomic E-state index is 0.140. The Morgan fingerprint density at radius 3 is 2.57 bits per heavy atom. The lowest BCUT2D eigenvalue weighted by Crippen LogP contribution is -2.42. The van der Waals surface area contributed by atoms with Crippen molar-refractivity contribution in [1.29, 1.82) is 0 Å². The number of amides is 1. The molecule has 4 rings (SSSR count). The molecule has 0 unspecified atom stereocenters. The predicted molar refractivity (Wildman–Crippen MR) is 91.7 cm³/mol. The van der Waals surface area contributed by atoms with Crippen molar-refractivity contribution >= 4 is 17.4 Å². The Balaban J connectivity index is 1.42. The third-order valence-corrected chi connectivity index (χ3v) is 4.97. The summed E-state index contributed by atoms with van der Waals surface area (Å²) >= 11 is 0. The highest BCUT2D eigenvalue weighted by molar-refractivity contribution is 5.97. The van der Waals surface area contributed by atoms with E-state index < -0.39 is 0 Å². The second-order valence-electron chi connectivity index (χ2n) is 6.32. The summed E-state index contributed by atoms with van der Waals surface area (Å²) < 4.78 is 0. The zero-order chi connectivity index (χ0) is 15.6. The number of carbonyl (C=O) groups excluding carboxylic acids is 1. The largest absolute Gasteiger partial charge is 0.357 e. The standard InChI is InChI=1S/C19H21N3O/c23-19(22-14-10-15-5-1-2-6-17(15)22)16-8-12-21(13-9-16)18-7-3-4-11-20-18/h1-7,11,16H,8-10,12-14H2. The van der Waals surface area contributed by atoms with Crippen LogP contribution in [0.1, 0.15) is 18.4 Å². The Morgan fingerprint density at radius 1 is 1.00 bits per heavy atom. The van der Waals surface area contributed by atoms with E-state index in [4.69, 9.17) is 0 Å². The first-order chi connectivity index (χ1) is 11.3. The lowest BCUT2D eigenvalue weighted by atomic mass is 9.95. The normalized spacial score (nSPS) is 18.1. The summed E-state index contributed by atoms with van der Waals surface area (Å²) in [6.45, 7) is 2.64. The van der Waals surface area contributed by atoms with Gasteiger partial charge >= 0.3 is 0 Å². The van der Waals surface area contributed by atoms with E-state index in [0.29, 0.717) is 5.91 Å². The van der Waals surface area contributed by atoms with E-state index in [0.717, 1.165) is 50.4 Å². The molecule has 1 aromatic carbocycles. The van der Waals surface area contributed by atoms with Gasteiger partial charge < -0.3 is 9.80 Å². The molecule has 1 amide bonds. The number of hydrogen-bond acceptors (Lipinski definition) is 3. The summed E-state index contributed by atoms with van der Waals surface area (Å²) in [4.78, 5) is 21.6. The van der Waals surface area contributed by atoms with Crippen LogP contribution in [0.4, 0.5) is 11.5 Å². The quantitative estimate of drug-likeness (QED) is 0.856. The van der Waals surface area contributed by atoms with Crippen molar-refractivity contribution in [2.24, 2.45) is 5.92 Å². The van der Waals surface area contributed by atoms with E-state index in [1.165, 1.54) is 5.56 Å². The molecule has 2 aromatic rings. The number of nitrogens with zero attached hydrogens (tertiary/aromatic N) is 3. The van der Waals surface area contributed by atoms with Crippen molar-refractivity contribution in [2.75, 3.05) is 29.4 Å². The molecule has 3 heterocycles. The Hall–Kier alpha value is -2.36. The van der Waals surface area contributed by atoms with Crippen LogP contribution in [0.25, 0.3) is 0 Å². The molecular weight excluding hydrogens is 286 g/mol. The van der Waals surface area contributed by atoms with Gasteiger partial charge in [-0.1, -0.05) is 24.3 Å². The van der Waals surface area contributed by atoms with Gasteiger partial charge in [-0.05, 0) is 43.0 Å². The average Bonchev–Trinajstić information content (AvgIpc) is 3.06. The fourth-order valence-electron chi connectivity index (χ4n) is 3.68. The minimum Gasteiger partial charge on any atom is -0.357 e. The van der Waals surface area contributed by atoms with Gasteiger partial charge in [-0.15, -0.1) is 0 Å². The SMILES string of the molecule is O=C(C1CCN(c2ccccn2)CC1)N1CCc2ccccc21. The number of hydrogen-bond donors (Lipinski definition) is 0. The van der Waals surface area contributed by atoms with E-state index >= 15 is 0 Å². The molecule has 0 N–H and O–H groups in total. The molecule has 0 spiro atoms. The average molecular weight is 307 g/mol. The zero-order valence-corrected chi connectivity index (χ0v) is 13.2. The van der Waals surface area contributed by atoms with Crippen LogP contribution in [0.15, 0.2) is 48.7 Å². The van der Waals surface area contributed by atoms with Crippen molar-refractivity contribution in [3.63, 3.8) is 0 Å². The van der Waals surface area contributed by atoms with Crippen LogP contribution in [0.5, 0.6) is 0 Å². The molecule has 4 nitrogen and oxygen atoms in total. The zero-order valence-electron chi connectivity index (χ0n) is 13.2. The number of fused-ring (bicyclic) bond motifs is 1. The van der Waals surface area contributed by atoms with Gasteiger partial charge in [0.05, 0.1) is 0 Å². The fourth-order valence-corrected chi connectivity index (χ4v) is 3.68. The summed E-state index contributed by atoms with van der Waals surface area (Å²) in [5, 5.41) is 0. The van der Waals surface area contributed by atoms with Crippen molar-refractivity contribution < 1.29 is 4.79 Å². The summed E-state index contributed by atoms with van der Waals surface area (Å²) in [7, 11) is 0. The molecule has 1 fully saturated rings. The first-order valence-corrected chi connectivity index (χ1v) is 8.38. The molecule has 2 aliphatic rings. The van der Waals surface area contributed by atoms with Crippen molar-refractivity contribution in [2.45, 2.75) is 19.3 Å². The number of carbonyl (C=O) groups is 1. The Morgan fingerprint density at radius 2 is 1.78 bits per heavy atom. The van der Waals surface area contributed by atoms with Crippen LogP contribution in [0.3, 0.4) is 0 Å². The van der Waals surface area contributed by atoms with E-state index in [9.17, 15) is 4.79 Å². The number of aromatic nitrogens is 1. The highest BCUT2D eigenvalue weighted by Gasteiger charge is 2.32. The van der Waals surface area contributed by atoms with Crippen molar-refractivity contribution in [3.8, 4) is 0 Å². The second-order valence-corrected chi connectivity index (χ2v) is 6.32. The number of anilines is 2. The van der Waals surface area contributed by atoms with Gasteiger partial charge in [-0.3, -0.25) is 4.79 Å². The maximum Gasteiger partial charge on any atom is 0.230 e. The van der Waals surface area contributed by atoms with E-state index in [-0.39, 0.29) is 5.92 Å². The van der Waals surface area contributed by atoms with Crippen LogP contribution < -0.4 is 9.80 Å². The molecular formula is C19H21N3O. The van der Waals surface area contributed by atoms with E-state index in [1.54, 1.807) is 0 Å². The summed E-state index contributed by atoms with van der Waals surface area (Å²) in [6, 6.07) is 14.3. The third-order valence-electron chi connectivity index (χ3n) is 4.97. The number of rotatable bonds is 2. The topological polar surface area (TPSA) is 36.4 Å². The lowest BCUT2D eigenvalue weighted by molar-refractivity contribution is -0.122. The maximum atomic E-state index is 12.9. The smallest absolute Gasteiger partial charge is 0.230 e. The Labute approximate surface area is 136 Å². The molecule has 0 radical (unpaired) electrons. The summed E-state index contributed by atoms with van der Waals surface area (Å²) in [5.41, 5.74) is 2.41. The molecule has 0 aliphatic carbocycles. The van der Waals surface area contributed by atoms with Gasteiger partial charge in [0, 0.05) is 37.4 Å². The minimum atomic E-state index is 0.140. The van der Waals surface area contributed by atoms with Crippen LogP contribution in [-0.2, 0) is 11.2 Å². The van der Waals surface area contributed by atoms with Gasteiger partial charge in [-0.2, -0.15) is 0 Å². The molecule has 1 saturated heterocycles. The molecule has 0 atom stereocenters. The summed E-state index contributed by atoms with van der Waals surface area (Å²) in [5.74, 6) is 1.46. The van der Waals surface area contributed by atoms with Crippen LogP contribution in [0.2, 0.25) is 0 Å². The van der Waals surface area contributed by atoms with E-state index in [2.05, 4.69) is 28.1 Å². The van der Waals surface area contributed by atoms with Crippen molar-refractivity contribution in [3.05, 3.63) is 54.2 Å². The molecule has 4 heteroatoms. The molecule has 0 saturated carbocycles. The Bertz CT molecular complexity index is 693. The van der Waals surface area contributed by atoms with Crippen molar-refractivity contribution in [1.82, 2.24) is 4.98 Å². The molecule has 118 valence electrons. The van der Waals surface area contributed by atoms with Gasteiger partial charge in [0.2, 0.25) is 5.91 Å². The maximum absolute atomic E-state index is 12.9. The molecule has 1 aromatic heterocycles. The lowest BCUT2D eigenvalue weighted by Gasteiger charge is -2.34. The number of benzene rings is 1. The summed E-state index contributed by atoms with van der Waals surface area (Å²) in [6.07, 6.45) is 4.63. The van der Waals surface area contributed by atoms with E-state index in [1.807, 2.05) is 35.4 Å². The fraction of sp³-hybridized carbons (Fsp3) is 0.368. The highest BCUT2D eigenvalue weighted by atomic mass is 16.2. The highest BCUT2D eigenvalue weighted by Crippen LogP contribution is 2.31. The second kappa shape index (κ2) is 6.03. The van der Waals surface area contributed by atoms with Crippen LogP contribution >= 0.6 is 0 Å². The van der Waals surface area contributed by atoms with Crippen LogP contribution in [0, 0.1) is 5.92 Å². The van der Waals surface area contributed by atoms with Gasteiger partial charge in [0.15, 0.2) is 0 Å². The molecule has 23 heavy (non-hydrogen) atoms. The van der Waals surface area contributed by atoms with Gasteiger partial charge in [0.25, 0.3) is 0 Å². The first kappa shape index (κ1) is 14.2. The third kappa shape index (κ3) is 2.69. The molecule has 2 aliphatic heterocycles. The molecule has 0 bridgehead atoms. The number of piperidine rings is 1. The number of para-hydroxylation sites is 1. The predicted octanol–water partition coefficient (Wildman–Crippen LogP) is 2.89. The van der Waals surface area contributed by atoms with Gasteiger partial charge in [0.1, 0.15) is 5.82 Å². The van der Waals surface area contributed by atoms with Crippen LogP contribution in [-0.4, -0.2) is 30.5 Å².